The molecule has 1 aliphatic heterocycles. The molecule has 0 aliphatic carbocycles. The number of rotatable bonds is 7. The largest absolute Gasteiger partial charge is 0.384 e. The number of methoxy groups -OCH3 is 1. The van der Waals surface area contributed by atoms with Crippen LogP contribution in [0.4, 0.5) is 0 Å². The normalized spacial score (nSPS) is 16.2. The first-order chi connectivity index (χ1) is 13.4. The van der Waals surface area contributed by atoms with E-state index in [-0.39, 0.29) is 24.3 Å². The Labute approximate surface area is 164 Å². The second-order valence-electron chi connectivity index (χ2n) is 6.81. The fourth-order valence-corrected chi connectivity index (χ4v) is 4.55. The summed E-state index contributed by atoms with van der Waals surface area (Å²) in [6, 6.07) is 3.53. The van der Waals surface area contributed by atoms with E-state index in [1.807, 2.05) is 13.0 Å². The molecule has 0 saturated carbocycles. The van der Waals surface area contributed by atoms with Gasteiger partial charge in [0.15, 0.2) is 0 Å². The molecule has 2 aromatic heterocycles. The number of amides is 1. The van der Waals surface area contributed by atoms with E-state index < -0.39 is 10.0 Å². The molecule has 28 heavy (non-hydrogen) atoms. The summed E-state index contributed by atoms with van der Waals surface area (Å²) in [4.78, 5) is 21.1. The zero-order chi connectivity index (χ0) is 20.1. The lowest BCUT2D eigenvalue weighted by atomic mass is 10.1. The molecule has 0 spiro atoms. The number of pyridine rings is 1. The summed E-state index contributed by atoms with van der Waals surface area (Å²) in [5.41, 5.74) is 1.25. The average molecular weight is 407 g/mol. The molecule has 10 heteroatoms. The van der Waals surface area contributed by atoms with Crippen molar-refractivity contribution in [2.75, 3.05) is 32.6 Å². The van der Waals surface area contributed by atoms with Crippen molar-refractivity contribution >= 4 is 15.9 Å². The number of aryl methyl sites for hydroxylation is 1. The molecule has 0 radical (unpaired) electrons. The summed E-state index contributed by atoms with van der Waals surface area (Å²) < 4.78 is 32.5. The topological polar surface area (TPSA) is 106 Å². The minimum absolute atomic E-state index is 0.0231. The fourth-order valence-electron chi connectivity index (χ4n) is 3.15. The molecule has 152 valence electrons. The lowest BCUT2D eigenvalue weighted by Crippen LogP contribution is -2.47. The Balaban J connectivity index is 1.61. The number of nitrogens with one attached hydrogen (secondary N) is 1. The summed E-state index contributed by atoms with van der Waals surface area (Å²) in [6.07, 6.45) is 6.18. The zero-order valence-electron chi connectivity index (χ0n) is 16.0. The van der Waals surface area contributed by atoms with E-state index in [1.165, 1.54) is 11.4 Å². The monoisotopic (exact) mass is 407 g/mol. The van der Waals surface area contributed by atoms with Gasteiger partial charge in [0.05, 0.1) is 12.4 Å². The van der Waals surface area contributed by atoms with Crippen LogP contribution in [-0.4, -0.2) is 71.8 Å². The van der Waals surface area contributed by atoms with Gasteiger partial charge in [0, 0.05) is 38.6 Å². The van der Waals surface area contributed by atoms with Gasteiger partial charge in [-0.1, -0.05) is 0 Å². The minimum atomic E-state index is -3.31. The second kappa shape index (κ2) is 8.80. The zero-order valence-corrected chi connectivity index (χ0v) is 16.9. The highest BCUT2D eigenvalue weighted by Gasteiger charge is 2.28. The number of ether oxygens (including phenoxy) is 1. The number of piperidine rings is 1. The van der Waals surface area contributed by atoms with Gasteiger partial charge in [0.2, 0.25) is 10.0 Å². The summed E-state index contributed by atoms with van der Waals surface area (Å²) >= 11 is 0. The van der Waals surface area contributed by atoms with Gasteiger partial charge in [0.1, 0.15) is 17.8 Å². The SMILES string of the molecule is COCCS(=O)(=O)N1CCC(NC(=O)c2cc(C)cc(-n3ccnc3)n2)CC1. The van der Waals surface area contributed by atoms with Crippen LogP contribution in [0.2, 0.25) is 0 Å². The van der Waals surface area contributed by atoms with E-state index in [1.54, 1.807) is 29.4 Å². The molecule has 1 amide bonds. The minimum Gasteiger partial charge on any atom is -0.384 e. The number of sulfonamides is 1. The van der Waals surface area contributed by atoms with Crippen LogP contribution >= 0.6 is 0 Å². The Kier molecular flexibility index (Phi) is 6.42. The number of imidazole rings is 1. The van der Waals surface area contributed by atoms with Gasteiger partial charge in [-0.15, -0.1) is 0 Å². The van der Waals surface area contributed by atoms with Crippen LogP contribution in [0.1, 0.15) is 28.9 Å². The Hall–Kier alpha value is -2.30. The predicted molar refractivity (Wildman–Crippen MR) is 104 cm³/mol. The molecule has 3 rings (SSSR count). The molecule has 0 aromatic carbocycles. The molecular formula is C18H25N5O4S. The van der Waals surface area contributed by atoms with Gasteiger partial charge in [0.25, 0.3) is 5.91 Å². The quantitative estimate of drug-likeness (QED) is 0.726. The third kappa shape index (κ3) is 4.94. The molecule has 1 N–H and O–H groups in total. The van der Waals surface area contributed by atoms with Crippen LogP contribution in [0.5, 0.6) is 0 Å². The van der Waals surface area contributed by atoms with E-state index in [0.717, 1.165) is 5.56 Å². The van der Waals surface area contributed by atoms with Crippen LogP contribution in [-0.2, 0) is 14.8 Å². The van der Waals surface area contributed by atoms with Gasteiger partial charge in [-0.25, -0.2) is 22.7 Å². The Morgan fingerprint density at radius 2 is 2.07 bits per heavy atom. The maximum atomic E-state index is 12.7. The van der Waals surface area contributed by atoms with Crippen molar-refractivity contribution in [1.82, 2.24) is 24.2 Å². The molecule has 2 aromatic rings. The van der Waals surface area contributed by atoms with E-state index in [0.29, 0.717) is 37.4 Å². The first-order valence-electron chi connectivity index (χ1n) is 9.13. The maximum Gasteiger partial charge on any atom is 0.270 e. The Morgan fingerprint density at radius 1 is 1.32 bits per heavy atom. The number of carbonyl (C=O) groups is 1. The number of hydrogen-bond acceptors (Lipinski definition) is 6. The summed E-state index contributed by atoms with van der Waals surface area (Å²) in [6.45, 7) is 2.86. The smallest absolute Gasteiger partial charge is 0.270 e. The molecule has 1 fully saturated rings. The van der Waals surface area contributed by atoms with Gasteiger partial charge >= 0.3 is 0 Å². The van der Waals surface area contributed by atoms with Crippen molar-refractivity contribution in [2.45, 2.75) is 25.8 Å². The highest BCUT2D eigenvalue weighted by Crippen LogP contribution is 2.16. The van der Waals surface area contributed by atoms with Crippen molar-refractivity contribution in [3.8, 4) is 5.82 Å². The van der Waals surface area contributed by atoms with Crippen LogP contribution in [0.15, 0.2) is 30.9 Å². The average Bonchev–Trinajstić information content (AvgIpc) is 3.21. The molecule has 1 saturated heterocycles. The first kappa shape index (κ1) is 20.4. The van der Waals surface area contributed by atoms with Gasteiger partial charge in [-0.2, -0.15) is 0 Å². The van der Waals surface area contributed by atoms with Gasteiger partial charge in [-0.3, -0.25) is 9.36 Å². The summed E-state index contributed by atoms with van der Waals surface area (Å²) in [5, 5.41) is 2.98. The van der Waals surface area contributed by atoms with Gasteiger partial charge in [-0.05, 0) is 37.5 Å². The van der Waals surface area contributed by atoms with E-state index in [9.17, 15) is 13.2 Å². The van der Waals surface area contributed by atoms with Crippen LogP contribution in [0.25, 0.3) is 5.82 Å². The Bertz CT molecular complexity index is 906. The highest BCUT2D eigenvalue weighted by molar-refractivity contribution is 7.89. The first-order valence-corrected chi connectivity index (χ1v) is 10.7. The fraction of sp³-hybridized carbons (Fsp3) is 0.500. The van der Waals surface area contributed by atoms with Gasteiger partial charge < -0.3 is 10.1 Å². The highest BCUT2D eigenvalue weighted by atomic mass is 32.2. The molecule has 3 heterocycles. The number of hydrogen-bond donors (Lipinski definition) is 1. The van der Waals surface area contributed by atoms with Crippen LogP contribution < -0.4 is 5.32 Å². The van der Waals surface area contributed by atoms with Crippen molar-refractivity contribution in [3.63, 3.8) is 0 Å². The van der Waals surface area contributed by atoms with Crippen LogP contribution in [0, 0.1) is 6.92 Å². The summed E-state index contributed by atoms with van der Waals surface area (Å²) in [5.74, 6) is 0.345. The van der Waals surface area contributed by atoms with E-state index in [2.05, 4.69) is 15.3 Å². The molecule has 1 aliphatic rings. The van der Waals surface area contributed by atoms with Crippen molar-refractivity contribution < 1.29 is 17.9 Å². The van der Waals surface area contributed by atoms with Crippen molar-refractivity contribution in [3.05, 3.63) is 42.1 Å². The standard InChI is InChI=1S/C18H25N5O4S/c1-14-11-16(21-17(12-14)22-8-5-19-13-22)18(24)20-15-3-6-23(7-4-15)28(25,26)10-9-27-2/h5,8,11-13,15H,3-4,6-7,9-10H2,1-2H3,(H,20,24). The predicted octanol–water partition coefficient (Wildman–Crippen LogP) is 0.746. The third-order valence-corrected chi connectivity index (χ3v) is 6.52. The van der Waals surface area contributed by atoms with Crippen molar-refractivity contribution in [1.29, 1.82) is 0 Å². The number of nitrogens with zero attached hydrogens (tertiary/aromatic N) is 4. The molecular weight excluding hydrogens is 382 g/mol. The molecule has 0 unspecified atom stereocenters. The van der Waals surface area contributed by atoms with Crippen LogP contribution in [0.3, 0.4) is 0 Å². The van der Waals surface area contributed by atoms with Crippen molar-refractivity contribution in [2.24, 2.45) is 0 Å². The maximum absolute atomic E-state index is 12.7. The van der Waals surface area contributed by atoms with E-state index >= 15 is 0 Å². The summed E-state index contributed by atoms with van der Waals surface area (Å²) in [7, 11) is -1.83. The lowest BCUT2D eigenvalue weighted by molar-refractivity contribution is 0.0918. The van der Waals surface area contributed by atoms with E-state index in [4.69, 9.17) is 4.74 Å². The number of aromatic nitrogens is 3. The molecule has 0 atom stereocenters. The Morgan fingerprint density at radius 3 is 2.71 bits per heavy atom. The lowest BCUT2D eigenvalue weighted by Gasteiger charge is -2.31. The third-order valence-electron chi connectivity index (χ3n) is 4.69. The molecule has 9 nitrogen and oxygen atoms in total. The molecule has 0 bridgehead atoms. The number of carbonyl (C=O) groups excluding carboxylic acids is 1. The second-order valence-corrected chi connectivity index (χ2v) is 8.90.